The van der Waals surface area contributed by atoms with E-state index in [0.29, 0.717) is 25.9 Å². The third kappa shape index (κ3) is 67.3. The van der Waals surface area contributed by atoms with Gasteiger partial charge < -0.3 is 20.3 Å². The number of amides is 1. The average Bonchev–Trinajstić information content (AvgIpc) is 3.47. The molecule has 0 heterocycles. The minimum absolute atomic E-state index is 0.00562. The van der Waals surface area contributed by atoms with E-state index in [2.05, 4.69) is 43.5 Å². The molecule has 0 aromatic heterocycles. The number of aliphatic hydroxyl groups is 2. The Bertz CT molecular complexity index is 1270. The van der Waals surface area contributed by atoms with Gasteiger partial charge in [0.2, 0.25) is 5.91 Å². The van der Waals surface area contributed by atoms with Gasteiger partial charge in [-0.25, -0.2) is 0 Å². The van der Waals surface area contributed by atoms with Crippen molar-refractivity contribution >= 4 is 11.9 Å². The number of carbonyl (C=O) groups is 2. The summed E-state index contributed by atoms with van der Waals surface area (Å²) >= 11 is 0. The number of aliphatic hydroxyl groups excluding tert-OH is 2. The Morgan fingerprint density at radius 1 is 0.346 bits per heavy atom. The maximum Gasteiger partial charge on any atom is 0.305 e. The molecule has 0 fully saturated rings. The number of carbonyl (C=O) groups excluding carboxylic acids is 2. The molecule has 0 bridgehead atoms. The molecule has 2 unspecified atom stereocenters. The molecule has 0 saturated carbocycles. The summed E-state index contributed by atoms with van der Waals surface area (Å²) in [6.45, 7) is 4.95. The lowest BCUT2D eigenvalue weighted by Gasteiger charge is -2.22. The summed E-state index contributed by atoms with van der Waals surface area (Å²) < 4.78 is 5.49. The lowest BCUT2D eigenvalue weighted by atomic mass is 10.0. The Morgan fingerprint density at radius 3 is 0.975 bits per heavy atom. The van der Waals surface area contributed by atoms with Gasteiger partial charge in [-0.15, -0.1) is 0 Å². The van der Waals surface area contributed by atoms with Crippen LogP contribution in [0.15, 0.2) is 24.3 Å². The van der Waals surface area contributed by atoms with E-state index in [1.54, 1.807) is 0 Å². The number of hydrogen-bond acceptors (Lipinski definition) is 5. The van der Waals surface area contributed by atoms with Crippen molar-refractivity contribution in [3.05, 3.63) is 24.3 Å². The highest BCUT2D eigenvalue weighted by atomic mass is 16.5. The average molecular weight is 1140 g/mol. The summed E-state index contributed by atoms with van der Waals surface area (Å²) in [5.41, 5.74) is 0. The molecule has 1 amide bonds. The zero-order valence-corrected chi connectivity index (χ0v) is 55.0. The molecule has 0 aliphatic heterocycles. The van der Waals surface area contributed by atoms with Crippen molar-refractivity contribution in [1.82, 2.24) is 5.32 Å². The van der Waals surface area contributed by atoms with Crippen molar-refractivity contribution in [1.29, 1.82) is 0 Å². The number of unbranched alkanes of at least 4 members (excludes halogenated alkanes) is 55. The maximum absolute atomic E-state index is 12.6. The molecule has 0 radical (unpaired) electrons. The number of allylic oxidation sites excluding steroid dienone is 4. The highest BCUT2D eigenvalue weighted by molar-refractivity contribution is 5.76. The Labute approximate surface area is 507 Å². The number of esters is 1. The van der Waals surface area contributed by atoms with E-state index in [1.807, 2.05) is 0 Å². The first kappa shape index (κ1) is 79.3. The van der Waals surface area contributed by atoms with E-state index in [-0.39, 0.29) is 18.5 Å². The van der Waals surface area contributed by atoms with Crippen LogP contribution < -0.4 is 5.32 Å². The second kappa shape index (κ2) is 70.8. The summed E-state index contributed by atoms with van der Waals surface area (Å²) in [6.07, 6.45) is 89.6. The predicted octanol–water partition coefficient (Wildman–Crippen LogP) is 24.1. The van der Waals surface area contributed by atoms with E-state index in [9.17, 15) is 19.8 Å². The second-order valence-electron chi connectivity index (χ2n) is 25.6. The molecule has 3 N–H and O–H groups in total. The second-order valence-corrected chi connectivity index (χ2v) is 25.6. The van der Waals surface area contributed by atoms with E-state index >= 15 is 0 Å². The fourth-order valence-electron chi connectivity index (χ4n) is 11.8. The molecule has 0 aromatic carbocycles. The largest absolute Gasteiger partial charge is 0.466 e. The predicted molar refractivity (Wildman–Crippen MR) is 356 cm³/mol. The van der Waals surface area contributed by atoms with E-state index < -0.39 is 12.1 Å². The van der Waals surface area contributed by atoms with Gasteiger partial charge in [0.05, 0.1) is 25.4 Å². The molecular formula is C75H145NO5. The van der Waals surface area contributed by atoms with Gasteiger partial charge in [-0.3, -0.25) is 9.59 Å². The van der Waals surface area contributed by atoms with E-state index in [1.165, 1.54) is 334 Å². The smallest absolute Gasteiger partial charge is 0.305 e. The van der Waals surface area contributed by atoms with Crippen molar-refractivity contribution in [2.24, 2.45) is 0 Å². The third-order valence-electron chi connectivity index (χ3n) is 17.5. The van der Waals surface area contributed by atoms with Crippen LogP contribution in [-0.2, 0) is 14.3 Å². The summed E-state index contributed by atoms with van der Waals surface area (Å²) in [6, 6.07) is -0.539. The van der Waals surface area contributed by atoms with Crippen molar-refractivity contribution in [2.45, 2.75) is 431 Å². The quantitative estimate of drug-likeness (QED) is 0.0320. The van der Waals surface area contributed by atoms with E-state index in [0.717, 1.165) is 51.4 Å². The van der Waals surface area contributed by atoms with Crippen LogP contribution in [0.4, 0.5) is 0 Å². The minimum Gasteiger partial charge on any atom is -0.466 e. The molecule has 81 heavy (non-hydrogen) atoms. The third-order valence-corrected chi connectivity index (χ3v) is 17.5. The molecule has 0 aliphatic carbocycles. The molecule has 6 heteroatoms. The van der Waals surface area contributed by atoms with Crippen molar-refractivity contribution in [3.63, 3.8) is 0 Å². The van der Waals surface area contributed by atoms with Gasteiger partial charge in [0, 0.05) is 12.8 Å². The summed E-state index contributed by atoms with van der Waals surface area (Å²) in [5, 5.41) is 23.4. The topological polar surface area (TPSA) is 95.9 Å². The summed E-state index contributed by atoms with van der Waals surface area (Å²) in [7, 11) is 0. The van der Waals surface area contributed by atoms with Crippen LogP contribution in [0.1, 0.15) is 418 Å². The van der Waals surface area contributed by atoms with Crippen LogP contribution in [0.5, 0.6) is 0 Å². The molecule has 480 valence electrons. The SMILES string of the molecule is CCCC/C=C\C/C=C\CCCCCCCC(=O)OCCCCCCCCCCCCCCCCCCCCCCCCCCCCCCCC(=O)NC(CO)C(O)CCCCCCCCCCCCCCCCCCCCCCC. The Balaban J connectivity index is 3.34. The van der Waals surface area contributed by atoms with Crippen LogP contribution >= 0.6 is 0 Å². The molecule has 0 aliphatic rings. The molecule has 0 rings (SSSR count). The van der Waals surface area contributed by atoms with Gasteiger partial charge in [-0.05, 0) is 51.4 Å². The fraction of sp³-hybridized carbons (Fsp3) is 0.920. The fourth-order valence-corrected chi connectivity index (χ4v) is 11.8. The minimum atomic E-state index is -0.663. The molecule has 0 saturated heterocycles. The first-order valence-corrected chi connectivity index (χ1v) is 37.1. The van der Waals surface area contributed by atoms with Crippen LogP contribution in [-0.4, -0.2) is 47.4 Å². The van der Waals surface area contributed by atoms with Crippen LogP contribution in [0.2, 0.25) is 0 Å². The van der Waals surface area contributed by atoms with Crippen LogP contribution in [0.25, 0.3) is 0 Å². The van der Waals surface area contributed by atoms with Gasteiger partial charge in [0.15, 0.2) is 0 Å². The molecule has 6 nitrogen and oxygen atoms in total. The van der Waals surface area contributed by atoms with Crippen molar-refractivity contribution in [2.75, 3.05) is 13.2 Å². The van der Waals surface area contributed by atoms with Crippen LogP contribution in [0, 0.1) is 0 Å². The normalized spacial score (nSPS) is 12.6. The zero-order valence-electron chi connectivity index (χ0n) is 55.0. The lowest BCUT2D eigenvalue weighted by Crippen LogP contribution is -2.45. The number of hydrogen-bond donors (Lipinski definition) is 3. The first-order valence-electron chi connectivity index (χ1n) is 37.1. The highest BCUT2D eigenvalue weighted by Crippen LogP contribution is 2.20. The van der Waals surface area contributed by atoms with Crippen molar-refractivity contribution in [3.8, 4) is 0 Å². The lowest BCUT2D eigenvalue weighted by molar-refractivity contribution is -0.143. The Hall–Kier alpha value is -1.66. The standard InChI is InChI=1S/C75H145NO5/c1-3-5-7-9-11-13-15-17-19-20-21-31-34-37-40-43-47-51-55-59-63-67-73(78)72(71-77)76-74(79)68-64-60-56-52-48-44-41-38-35-32-29-27-25-23-22-24-26-28-30-33-36-39-42-46-50-54-58-62-66-70-81-75(80)69-65-61-57-53-49-45-18-16-14-12-10-8-6-4-2/h10,12,16,18,72-73,77-78H,3-9,11,13-15,17,19-71H2,1-2H3,(H,76,79)/b12-10-,18-16-. The molecular weight excluding hydrogens is 995 g/mol. The number of nitrogens with one attached hydrogen (secondary N) is 1. The molecule has 0 aromatic rings. The van der Waals surface area contributed by atoms with Crippen LogP contribution in [0.3, 0.4) is 0 Å². The Kier molecular flexibility index (Phi) is 69.4. The van der Waals surface area contributed by atoms with Gasteiger partial charge in [-0.1, -0.05) is 378 Å². The monoisotopic (exact) mass is 1140 g/mol. The van der Waals surface area contributed by atoms with Gasteiger partial charge in [0.25, 0.3) is 0 Å². The summed E-state index contributed by atoms with van der Waals surface area (Å²) in [4.78, 5) is 24.6. The van der Waals surface area contributed by atoms with Gasteiger partial charge >= 0.3 is 5.97 Å². The van der Waals surface area contributed by atoms with E-state index in [4.69, 9.17) is 4.74 Å². The highest BCUT2D eigenvalue weighted by Gasteiger charge is 2.20. The molecule has 2 atom stereocenters. The number of ether oxygens (including phenoxy) is 1. The summed E-state index contributed by atoms with van der Waals surface area (Å²) in [5.74, 6) is -0.0210. The first-order chi connectivity index (χ1) is 40.0. The number of rotatable bonds is 70. The van der Waals surface area contributed by atoms with Gasteiger partial charge in [0.1, 0.15) is 0 Å². The van der Waals surface area contributed by atoms with Gasteiger partial charge in [-0.2, -0.15) is 0 Å². The van der Waals surface area contributed by atoms with Crippen molar-refractivity contribution < 1.29 is 24.5 Å². The molecule has 0 spiro atoms. The Morgan fingerprint density at radius 2 is 0.630 bits per heavy atom. The zero-order chi connectivity index (χ0) is 58.5. The maximum atomic E-state index is 12.6.